The number of hydrogen-bond acceptors (Lipinski definition) is 2. The van der Waals surface area contributed by atoms with Crippen LogP contribution in [0.1, 0.15) is 27.7 Å². The molecule has 0 aliphatic carbocycles. The minimum absolute atomic E-state index is 0.160. The molecule has 1 fully saturated rings. The van der Waals surface area contributed by atoms with Gasteiger partial charge in [-0.3, -0.25) is 9.69 Å². The van der Waals surface area contributed by atoms with Crippen molar-refractivity contribution in [1.29, 1.82) is 0 Å². The normalized spacial score (nSPS) is 23.4. The minimum atomic E-state index is 0.160. The van der Waals surface area contributed by atoms with E-state index in [9.17, 15) is 4.79 Å². The highest BCUT2D eigenvalue weighted by molar-refractivity contribution is 5.96. The molecule has 1 saturated heterocycles. The predicted molar refractivity (Wildman–Crippen MR) is 71.9 cm³/mol. The Bertz CT molecular complexity index is 320. The summed E-state index contributed by atoms with van der Waals surface area (Å²) >= 11 is 0. The van der Waals surface area contributed by atoms with Crippen LogP contribution < -0.4 is 0 Å². The topological polar surface area (TPSA) is 23.6 Å². The third-order valence-corrected chi connectivity index (χ3v) is 3.36. The van der Waals surface area contributed by atoms with Crippen molar-refractivity contribution >= 4 is 5.91 Å². The maximum atomic E-state index is 12.2. The van der Waals surface area contributed by atoms with Gasteiger partial charge in [-0.05, 0) is 27.3 Å². The molecule has 1 heterocycles. The molecule has 0 spiro atoms. The van der Waals surface area contributed by atoms with Crippen LogP contribution in [0.4, 0.5) is 0 Å². The number of likely N-dealkylation sites (N-methyl/N-ethyl adjacent to an activating group) is 1. The van der Waals surface area contributed by atoms with Gasteiger partial charge in [0.2, 0.25) is 0 Å². The fourth-order valence-corrected chi connectivity index (χ4v) is 2.30. The van der Waals surface area contributed by atoms with Crippen LogP contribution in [0.25, 0.3) is 0 Å². The lowest BCUT2D eigenvalue weighted by Gasteiger charge is -2.39. The Balaban J connectivity index is 2.66. The molecule has 0 bridgehead atoms. The first kappa shape index (κ1) is 14.0. The van der Waals surface area contributed by atoms with Crippen molar-refractivity contribution in [2.75, 3.05) is 26.2 Å². The lowest BCUT2D eigenvalue weighted by Crippen LogP contribution is -2.53. The van der Waals surface area contributed by atoms with E-state index < -0.39 is 0 Å². The van der Waals surface area contributed by atoms with Gasteiger partial charge in [0.25, 0.3) is 5.91 Å². The number of piperazine rings is 1. The summed E-state index contributed by atoms with van der Waals surface area (Å²) in [4.78, 5) is 16.6. The van der Waals surface area contributed by atoms with Crippen LogP contribution in [0, 0.1) is 0 Å². The molecule has 0 N–H and O–H groups in total. The summed E-state index contributed by atoms with van der Waals surface area (Å²) in [7, 11) is 0. The number of amides is 1. The molecule has 3 heteroatoms. The Kier molecular flexibility index (Phi) is 5.42. The average Bonchev–Trinajstić information content (AvgIpc) is 2.35. The van der Waals surface area contributed by atoms with Crippen molar-refractivity contribution in [3.63, 3.8) is 0 Å². The number of carbonyl (C=O) groups excluding carboxylic acids is 1. The van der Waals surface area contributed by atoms with Gasteiger partial charge in [0.1, 0.15) is 0 Å². The second-order valence-corrected chi connectivity index (χ2v) is 4.47. The molecule has 1 aliphatic heterocycles. The van der Waals surface area contributed by atoms with E-state index in [2.05, 4.69) is 18.7 Å². The van der Waals surface area contributed by atoms with Gasteiger partial charge in [0, 0.05) is 31.2 Å². The highest BCUT2D eigenvalue weighted by Crippen LogP contribution is 2.12. The van der Waals surface area contributed by atoms with E-state index in [1.807, 2.05) is 37.0 Å². The van der Waals surface area contributed by atoms with Gasteiger partial charge in [0.15, 0.2) is 0 Å². The molecule has 1 aliphatic rings. The first-order valence-electron chi connectivity index (χ1n) is 6.46. The summed E-state index contributed by atoms with van der Waals surface area (Å²) in [6.07, 6.45) is 5.69. The van der Waals surface area contributed by atoms with E-state index in [-0.39, 0.29) is 5.91 Å². The number of carbonyl (C=O) groups is 1. The average molecular weight is 236 g/mol. The highest BCUT2D eigenvalue weighted by Gasteiger charge is 2.26. The molecular weight excluding hydrogens is 212 g/mol. The van der Waals surface area contributed by atoms with Crippen molar-refractivity contribution in [2.45, 2.75) is 33.7 Å². The first-order valence-corrected chi connectivity index (χ1v) is 6.46. The molecule has 96 valence electrons. The third-order valence-electron chi connectivity index (χ3n) is 3.36. The molecule has 1 amide bonds. The Morgan fingerprint density at radius 1 is 1.35 bits per heavy atom. The maximum absolute atomic E-state index is 12.2. The van der Waals surface area contributed by atoms with Crippen molar-refractivity contribution in [1.82, 2.24) is 9.80 Å². The molecule has 3 nitrogen and oxygen atoms in total. The molecule has 0 aromatic carbocycles. The molecule has 0 saturated carbocycles. The van der Waals surface area contributed by atoms with Gasteiger partial charge in [0.05, 0.1) is 0 Å². The number of rotatable bonds is 3. The molecule has 1 rings (SSSR count). The van der Waals surface area contributed by atoms with E-state index >= 15 is 0 Å². The number of hydrogen-bond donors (Lipinski definition) is 0. The largest absolute Gasteiger partial charge is 0.336 e. The van der Waals surface area contributed by atoms with E-state index in [1.54, 1.807) is 0 Å². The number of allylic oxidation sites excluding steroid dienone is 2. The summed E-state index contributed by atoms with van der Waals surface area (Å²) in [6, 6.07) is 0.460. The quantitative estimate of drug-likeness (QED) is 0.553. The summed E-state index contributed by atoms with van der Waals surface area (Å²) in [5.41, 5.74) is 0.796. The zero-order chi connectivity index (χ0) is 12.8. The van der Waals surface area contributed by atoms with Crippen LogP contribution in [0.5, 0.6) is 0 Å². The molecule has 0 unspecified atom stereocenters. The summed E-state index contributed by atoms with van der Waals surface area (Å²) < 4.78 is 0. The van der Waals surface area contributed by atoms with Gasteiger partial charge >= 0.3 is 0 Å². The summed E-state index contributed by atoms with van der Waals surface area (Å²) in [5, 5.41) is 0. The zero-order valence-electron chi connectivity index (χ0n) is 11.4. The first-order chi connectivity index (χ1) is 8.13. The second-order valence-electron chi connectivity index (χ2n) is 4.47. The smallest absolute Gasteiger partial charge is 0.253 e. The van der Waals surface area contributed by atoms with E-state index in [0.717, 1.165) is 31.8 Å². The zero-order valence-corrected chi connectivity index (χ0v) is 11.4. The van der Waals surface area contributed by atoms with Gasteiger partial charge in [-0.1, -0.05) is 25.2 Å². The SMILES string of the molecule is C/C=C\C(=C/C)C(=O)N1CCN(CC)[C@H](C)C1. The van der Waals surface area contributed by atoms with Gasteiger partial charge in [-0.15, -0.1) is 0 Å². The third kappa shape index (κ3) is 3.43. The van der Waals surface area contributed by atoms with Crippen LogP contribution >= 0.6 is 0 Å². The van der Waals surface area contributed by atoms with Crippen molar-refractivity contribution < 1.29 is 4.79 Å². The van der Waals surface area contributed by atoms with Gasteiger partial charge in [-0.25, -0.2) is 0 Å². The fourth-order valence-electron chi connectivity index (χ4n) is 2.30. The molecule has 0 aromatic rings. The summed E-state index contributed by atoms with van der Waals surface area (Å²) in [6.45, 7) is 11.9. The molecule has 1 atom stereocenters. The molecule has 17 heavy (non-hydrogen) atoms. The number of nitrogens with zero attached hydrogens (tertiary/aromatic N) is 2. The molecular formula is C14H24N2O. The van der Waals surface area contributed by atoms with E-state index in [1.165, 1.54) is 0 Å². The van der Waals surface area contributed by atoms with Crippen LogP contribution in [0.2, 0.25) is 0 Å². The Labute approximate surface area is 105 Å². The fraction of sp³-hybridized carbons (Fsp3) is 0.643. The minimum Gasteiger partial charge on any atom is -0.336 e. The standard InChI is InChI=1S/C14H24N2O/c1-5-8-13(6-2)14(17)16-10-9-15(7-3)12(4)11-16/h5-6,8,12H,7,9-11H2,1-4H3/b8-5-,13-6+/t12-/m1/s1. The Morgan fingerprint density at radius 3 is 2.53 bits per heavy atom. The van der Waals surface area contributed by atoms with E-state index in [0.29, 0.717) is 6.04 Å². The summed E-state index contributed by atoms with van der Waals surface area (Å²) in [5.74, 6) is 0.160. The lowest BCUT2D eigenvalue weighted by molar-refractivity contribution is -0.129. The van der Waals surface area contributed by atoms with Gasteiger partial charge < -0.3 is 4.90 Å². The monoisotopic (exact) mass is 236 g/mol. The molecule has 0 radical (unpaired) electrons. The van der Waals surface area contributed by atoms with Crippen molar-refractivity contribution in [3.05, 3.63) is 23.8 Å². The Hall–Kier alpha value is -1.09. The van der Waals surface area contributed by atoms with Crippen LogP contribution in [0.15, 0.2) is 23.8 Å². The lowest BCUT2D eigenvalue weighted by atomic mass is 10.1. The second kappa shape index (κ2) is 6.60. The van der Waals surface area contributed by atoms with E-state index in [4.69, 9.17) is 0 Å². The highest BCUT2D eigenvalue weighted by atomic mass is 16.2. The van der Waals surface area contributed by atoms with Gasteiger partial charge in [-0.2, -0.15) is 0 Å². The van der Waals surface area contributed by atoms with Crippen molar-refractivity contribution in [2.24, 2.45) is 0 Å². The van der Waals surface area contributed by atoms with Crippen LogP contribution in [-0.2, 0) is 4.79 Å². The van der Waals surface area contributed by atoms with Crippen LogP contribution in [-0.4, -0.2) is 47.9 Å². The predicted octanol–water partition coefficient (Wildman–Crippen LogP) is 2.06. The molecule has 0 aromatic heterocycles. The van der Waals surface area contributed by atoms with Crippen molar-refractivity contribution in [3.8, 4) is 0 Å². The van der Waals surface area contributed by atoms with Crippen LogP contribution in [0.3, 0.4) is 0 Å². The Morgan fingerprint density at radius 2 is 2.06 bits per heavy atom. The maximum Gasteiger partial charge on any atom is 0.253 e.